The second kappa shape index (κ2) is 4.72. The van der Waals surface area contributed by atoms with Gasteiger partial charge >= 0.3 is 0 Å². The predicted octanol–water partition coefficient (Wildman–Crippen LogP) is 3.20. The summed E-state index contributed by atoms with van der Waals surface area (Å²) in [5.74, 6) is 0.909. The molecule has 1 aromatic carbocycles. The summed E-state index contributed by atoms with van der Waals surface area (Å²) >= 11 is 0. The average Bonchev–Trinajstić information content (AvgIpc) is 2.75. The Morgan fingerprint density at radius 1 is 1.05 bits per heavy atom. The van der Waals surface area contributed by atoms with Gasteiger partial charge in [0.25, 0.3) is 5.91 Å². The molecule has 2 aliphatic rings. The van der Waals surface area contributed by atoms with Gasteiger partial charge in [-0.2, -0.15) is 0 Å². The molecule has 0 bridgehead atoms. The molecule has 0 aromatic heterocycles. The van der Waals surface area contributed by atoms with Gasteiger partial charge in [0.05, 0.1) is 5.41 Å². The first-order valence-electron chi connectivity index (χ1n) is 7.52. The van der Waals surface area contributed by atoms with Crippen LogP contribution in [0.2, 0.25) is 0 Å². The molecular formula is C17H22N2O. The number of rotatable bonds is 2. The van der Waals surface area contributed by atoms with Crippen LogP contribution in [0.3, 0.4) is 0 Å². The highest BCUT2D eigenvalue weighted by Crippen LogP contribution is 2.42. The van der Waals surface area contributed by atoms with Crippen LogP contribution in [0.4, 0.5) is 0 Å². The molecule has 0 unspecified atom stereocenters. The minimum absolute atomic E-state index is 0.0216. The highest BCUT2D eigenvalue weighted by molar-refractivity contribution is 6.12. The van der Waals surface area contributed by atoms with Gasteiger partial charge in [-0.3, -0.25) is 9.79 Å². The van der Waals surface area contributed by atoms with Crippen molar-refractivity contribution in [2.75, 3.05) is 0 Å². The second-order valence-electron chi connectivity index (χ2n) is 6.48. The first-order chi connectivity index (χ1) is 9.55. The zero-order valence-electron chi connectivity index (χ0n) is 12.3. The molecule has 1 heterocycles. The van der Waals surface area contributed by atoms with E-state index < -0.39 is 5.54 Å². The third kappa shape index (κ3) is 2.05. The van der Waals surface area contributed by atoms with Crippen molar-refractivity contribution < 1.29 is 4.79 Å². The van der Waals surface area contributed by atoms with E-state index in [1.54, 1.807) is 0 Å². The van der Waals surface area contributed by atoms with Crippen molar-refractivity contribution >= 4 is 11.7 Å². The summed E-state index contributed by atoms with van der Waals surface area (Å²) in [5.41, 5.74) is 0.564. The molecular weight excluding hydrogens is 248 g/mol. The van der Waals surface area contributed by atoms with E-state index in [4.69, 9.17) is 4.99 Å². The minimum Gasteiger partial charge on any atom is -0.312 e. The molecule has 3 rings (SSSR count). The van der Waals surface area contributed by atoms with Crippen LogP contribution in [0.15, 0.2) is 35.3 Å². The Labute approximate surface area is 120 Å². The molecule has 0 atom stereocenters. The number of amides is 1. The normalized spacial score (nSPS) is 24.1. The number of carbonyl (C=O) groups excluding carboxylic acids is 1. The van der Waals surface area contributed by atoms with Crippen molar-refractivity contribution in [2.24, 2.45) is 4.99 Å². The number of benzene rings is 1. The van der Waals surface area contributed by atoms with Gasteiger partial charge in [-0.15, -0.1) is 0 Å². The summed E-state index contributed by atoms with van der Waals surface area (Å²) in [6, 6.07) is 10.5. The van der Waals surface area contributed by atoms with Gasteiger partial charge in [0.1, 0.15) is 11.4 Å². The quantitative estimate of drug-likeness (QED) is 0.881. The fourth-order valence-electron chi connectivity index (χ4n) is 3.42. The predicted molar refractivity (Wildman–Crippen MR) is 80.9 cm³/mol. The largest absolute Gasteiger partial charge is 0.312 e. The summed E-state index contributed by atoms with van der Waals surface area (Å²) in [6.45, 7) is 3.77. The lowest BCUT2D eigenvalue weighted by Crippen LogP contribution is -2.45. The van der Waals surface area contributed by atoms with Crippen molar-refractivity contribution in [2.45, 2.75) is 56.9 Å². The Hall–Kier alpha value is -1.64. The van der Waals surface area contributed by atoms with Crippen LogP contribution < -0.4 is 5.32 Å². The smallest absolute Gasteiger partial charge is 0.252 e. The van der Waals surface area contributed by atoms with Crippen molar-refractivity contribution in [1.82, 2.24) is 5.32 Å². The molecule has 106 valence electrons. The lowest BCUT2D eigenvalue weighted by Gasteiger charge is -2.37. The third-order valence-corrected chi connectivity index (χ3v) is 4.67. The molecule has 0 saturated heterocycles. The second-order valence-corrected chi connectivity index (χ2v) is 6.48. The van der Waals surface area contributed by atoms with E-state index in [0.29, 0.717) is 0 Å². The summed E-state index contributed by atoms with van der Waals surface area (Å²) < 4.78 is 0. The zero-order valence-corrected chi connectivity index (χ0v) is 12.3. The Kier molecular flexibility index (Phi) is 3.15. The van der Waals surface area contributed by atoms with Gasteiger partial charge < -0.3 is 5.32 Å². The van der Waals surface area contributed by atoms with E-state index in [1.807, 2.05) is 19.9 Å². The van der Waals surface area contributed by atoms with Crippen molar-refractivity contribution in [3.63, 3.8) is 0 Å². The van der Waals surface area contributed by atoms with Crippen LogP contribution in [0.1, 0.15) is 51.5 Å². The van der Waals surface area contributed by atoms with Gasteiger partial charge in [0.15, 0.2) is 0 Å². The highest BCUT2D eigenvalue weighted by atomic mass is 16.2. The number of carbonyl (C=O) groups is 1. The van der Waals surface area contributed by atoms with Gasteiger partial charge in [0.2, 0.25) is 0 Å². The van der Waals surface area contributed by atoms with E-state index >= 15 is 0 Å². The minimum atomic E-state index is -0.630. The summed E-state index contributed by atoms with van der Waals surface area (Å²) in [7, 11) is 0. The first kappa shape index (κ1) is 13.3. The number of nitrogens with zero attached hydrogens (tertiary/aromatic N) is 1. The summed E-state index contributed by atoms with van der Waals surface area (Å²) in [4.78, 5) is 16.8. The molecule has 1 saturated carbocycles. The van der Waals surface area contributed by atoms with E-state index in [1.165, 1.54) is 24.8 Å². The summed E-state index contributed by atoms with van der Waals surface area (Å²) in [6.07, 6.45) is 5.83. The van der Waals surface area contributed by atoms with Crippen LogP contribution in [0.5, 0.6) is 0 Å². The maximum Gasteiger partial charge on any atom is 0.252 e. The highest BCUT2D eigenvalue weighted by Gasteiger charge is 2.46. The van der Waals surface area contributed by atoms with E-state index in [2.05, 4.69) is 29.6 Å². The Bertz CT molecular complexity index is 539. The first-order valence-corrected chi connectivity index (χ1v) is 7.52. The molecule has 1 aliphatic carbocycles. The van der Waals surface area contributed by atoms with Crippen LogP contribution >= 0.6 is 0 Å². The van der Waals surface area contributed by atoms with E-state index in [0.717, 1.165) is 18.7 Å². The van der Waals surface area contributed by atoms with E-state index in [9.17, 15) is 4.79 Å². The van der Waals surface area contributed by atoms with Gasteiger partial charge in [-0.25, -0.2) is 0 Å². The average molecular weight is 270 g/mol. The van der Waals surface area contributed by atoms with Crippen LogP contribution in [-0.4, -0.2) is 17.3 Å². The lowest BCUT2D eigenvalue weighted by molar-refractivity contribution is -0.122. The molecule has 0 spiro atoms. The molecule has 1 amide bonds. The van der Waals surface area contributed by atoms with Crippen molar-refractivity contribution in [3.05, 3.63) is 35.9 Å². The molecule has 1 fully saturated rings. The van der Waals surface area contributed by atoms with Crippen LogP contribution in [0.25, 0.3) is 0 Å². The lowest BCUT2D eigenvalue weighted by atomic mass is 9.68. The van der Waals surface area contributed by atoms with Crippen LogP contribution in [-0.2, 0) is 10.2 Å². The number of nitrogens with one attached hydrogen (secondary N) is 1. The molecule has 1 aromatic rings. The van der Waals surface area contributed by atoms with Crippen molar-refractivity contribution in [3.8, 4) is 0 Å². The molecule has 3 nitrogen and oxygen atoms in total. The summed E-state index contributed by atoms with van der Waals surface area (Å²) in [5, 5.41) is 3.06. The SMILES string of the molecule is CC1(C)N=C(C2(c3ccccc3)CCCCC2)NC1=O. The fraction of sp³-hybridized carbons (Fsp3) is 0.529. The Balaban J connectivity index is 2.06. The standard InChI is InChI=1S/C17H22N2O/c1-16(2)15(20)18-14(19-16)17(11-7-4-8-12-17)13-9-5-3-6-10-13/h3,5-6,9-10H,4,7-8,11-12H2,1-2H3,(H,18,19,20). The molecule has 1 aliphatic heterocycles. The molecule has 20 heavy (non-hydrogen) atoms. The van der Waals surface area contributed by atoms with Gasteiger partial charge in [0, 0.05) is 0 Å². The maximum absolute atomic E-state index is 12.1. The van der Waals surface area contributed by atoms with Crippen LogP contribution in [0, 0.1) is 0 Å². The van der Waals surface area contributed by atoms with Crippen molar-refractivity contribution in [1.29, 1.82) is 0 Å². The van der Waals surface area contributed by atoms with Gasteiger partial charge in [-0.05, 0) is 32.3 Å². The zero-order chi connectivity index (χ0) is 14.2. The topological polar surface area (TPSA) is 41.5 Å². The number of aliphatic imine (C=N–C) groups is 1. The third-order valence-electron chi connectivity index (χ3n) is 4.67. The number of hydrogen-bond acceptors (Lipinski definition) is 2. The fourth-order valence-corrected chi connectivity index (χ4v) is 3.42. The Morgan fingerprint density at radius 2 is 1.70 bits per heavy atom. The maximum atomic E-state index is 12.1. The number of amidine groups is 1. The van der Waals surface area contributed by atoms with E-state index in [-0.39, 0.29) is 11.3 Å². The Morgan fingerprint density at radius 3 is 2.25 bits per heavy atom. The molecule has 0 radical (unpaired) electrons. The molecule has 3 heteroatoms. The molecule has 1 N–H and O–H groups in total. The number of hydrogen-bond donors (Lipinski definition) is 1. The monoisotopic (exact) mass is 270 g/mol. The van der Waals surface area contributed by atoms with Gasteiger partial charge in [-0.1, -0.05) is 49.6 Å².